The van der Waals surface area contributed by atoms with Crippen molar-refractivity contribution >= 4 is 16.6 Å². The van der Waals surface area contributed by atoms with Gasteiger partial charge in [-0.2, -0.15) is 0 Å². The Morgan fingerprint density at radius 2 is 0.418 bits per heavy atom. The monoisotopic (exact) mass is 875 g/mol. The van der Waals surface area contributed by atoms with Crippen LogP contribution in [0.1, 0.15) is 257 Å². The normalized spacial score (nSPS) is 28.8. The summed E-state index contributed by atoms with van der Waals surface area (Å²) in [6.45, 7) is 0. The van der Waals surface area contributed by atoms with Crippen LogP contribution in [0.5, 0.6) is 0 Å². The van der Waals surface area contributed by atoms with E-state index in [9.17, 15) is 0 Å². The molecule has 8 aliphatic carbocycles. The van der Waals surface area contributed by atoms with Gasteiger partial charge in [-0.25, -0.2) is 0 Å². The van der Waals surface area contributed by atoms with Crippen LogP contribution in [0.15, 0.2) is 0 Å². The molecular formula is C48H88O4Si2Zr. The predicted octanol–water partition coefficient (Wildman–Crippen LogP) is 16.4. The van der Waals surface area contributed by atoms with Crippen molar-refractivity contribution in [2.75, 3.05) is 0 Å². The Morgan fingerprint density at radius 1 is 0.236 bits per heavy atom. The second-order valence-electron chi connectivity index (χ2n) is 21.2. The topological polar surface area (TPSA) is 36.9 Å². The zero-order valence-electron chi connectivity index (χ0n) is 36.0. The van der Waals surface area contributed by atoms with E-state index < -0.39 is 38.7 Å². The van der Waals surface area contributed by atoms with Gasteiger partial charge in [-0.15, -0.1) is 0 Å². The Morgan fingerprint density at radius 3 is 0.618 bits per heavy atom. The van der Waals surface area contributed by atoms with E-state index in [1.54, 1.807) is 0 Å². The molecule has 8 rings (SSSR count). The van der Waals surface area contributed by atoms with Crippen molar-refractivity contribution in [2.24, 2.45) is 0 Å². The molecule has 8 fully saturated rings. The third-order valence-electron chi connectivity index (χ3n) is 17.8. The fourth-order valence-electron chi connectivity index (χ4n) is 15.2. The molecule has 55 heavy (non-hydrogen) atoms. The van der Waals surface area contributed by atoms with Crippen LogP contribution >= 0.6 is 0 Å². The van der Waals surface area contributed by atoms with Gasteiger partial charge in [-0.05, 0) is 0 Å². The van der Waals surface area contributed by atoms with Crippen molar-refractivity contribution in [3.05, 3.63) is 0 Å². The van der Waals surface area contributed by atoms with Crippen LogP contribution in [0.4, 0.5) is 0 Å². The van der Waals surface area contributed by atoms with Crippen molar-refractivity contribution in [3.8, 4) is 0 Å². The summed E-state index contributed by atoms with van der Waals surface area (Å²) in [7, 11) is -4.81. The molecular weight excluding hydrogens is 788 g/mol. The van der Waals surface area contributed by atoms with Gasteiger partial charge in [0.1, 0.15) is 0 Å². The molecule has 0 aromatic carbocycles. The maximum atomic E-state index is 9.09. The molecule has 0 saturated heterocycles. The second-order valence-corrected chi connectivity index (χ2v) is 36.5. The molecule has 316 valence electrons. The first-order chi connectivity index (χ1) is 27.2. The van der Waals surface area contributed by atoms with E-state index in [1.807, 2.05) is 0 Å². The van der Waals surface area contributed by atoms with E-state index in [-0.39, 0.29) is 0 Å². The Balaban J connectivity index is 1.31. The number of hydrogen-bond acceptors (Lipinski definition) is 4. The fourth-order valence-corrected chi connectivity index (χ4v) is 48.7. The maximum absolute atomic E-state index is 9.09. The van der Waals surface area contributed by atoms with Gasteiger partial charge in [-0.3, -0.25) is 0 Å². The van der Waals surface area contributed by atoms with E-state index in [2.05, 4.69) is 0 Å². The minimum atomic E-state index is -4.82. The molecule has 8 saturated carbocycles. The number of rotatable bonds is 14. The van der Waals surface area contributed by atoms with Crippen LogP contribution in [0.2, 0.25) is 33.2 Å². The van der Waals surface area contributed by atoms with E-state index >= 15 is 0 Å². The molecule has 0 atom stereocenters. The number of hydrogen-bond donors (Lipinski definition) is 0. The standard InChI is InChI=1S/2C18H33OSi.2C6H11O.Zr/c2*19-20(16-10-4-1-5-11-16,17-12-6-2-7-13-17)18-14-8-3-9-15-18;2*7-6-4-2-1-3-5-6;/h2*16-18H,1-15H2;2*6H,1-5H2;/q4*-1;+4. The Bertz CT molecular complexity index is 914. The van der Waals surface area contributed by atoms with E-state index in [4.69, 9.17) is 10.6 Å². The summed E-state index contributed by atoms with van der Waals surface area (Å²) in [5.74, 6) is 0. The second kappa shape index (κ2) is 21.3. The first kappa shape index (κ1) is 42.8. The van der Waals surface area contributed by atoms with Crippen LogP contribution < -0.4 is 0 Å². The quantitative estimate of drug-likeness (QED) is 0.163. The zero-order chi connectivity index (χ0) is 37.2. The van der Waals surface area contributed by atoms with E-state index in [0.29, 0.717) is 12.2 Å². The molecule has 8 aliphatic rings. The molecule has 0 bridgehead atoms. The van der Waals surface area contributed by atoms with Crippen molar-refractivity contribution in [2.45, 2.75) is 302 Å². The minimum absolute atomic E-state index is 0.305. The van der Waals surface area contributed by atoms with Crippen LogP contribution in [0.25, 0.3) is 0 Å². The van der Waals surface area contributed by atoms with Crippen LogP contribution in [-0.4, -0.2) is 28.8 Å². The zero-order valence-corrected chi connectivity index (χ0v) is 40.5. The third kappa shape index (κ3) is 10.3. The molecule has 0 aliphatic heterocycles. The molecule has 7 heteroatoms. The molecule has 0 aromatic heterocycles. The van der Waals surface area contributed by atoms with Crippen molar-refractivity contribution in [1.82, 2.24) is 0 Å². The summed E-state index contributed by atoms with van der Waals surface area (Å²) in [5.41, 5.74) is 4.79. The Hall–Kier alpha value is 1.16. The summed E-state index contributed by atoms with van der Waals surface area (Å²) < 4.78 is 34.7. The van der Waals surface area contributed by atoms with Crippen molar-refractivity contribution in [3.63, 3.8) is 0 Å². The van der Waals surface area contributed by atoms with Gasteiger partial charge in [0, 0.05) is 0 Å². The summed E-state index contributed by atoms with van der Waals surface area (Å²) in [5, 5.41) is 0. The average molecular weight is 877 g/mol. The first-order valence-electron chi connectivity index (χ1n) is 26.0. The van der Waals surface area contributed by atoms with Crippen LogP contribution in [0, 0.1) is 0 Å². The average Bonchev–Trinajstić information content (AvgIpc) is 3.27. The van der Waals surface area contributed by atoms with Gasteiger partial charge in [-0.1, -0.05) is 0 Å². The van der Waals surface area contributed by atoms with Crippen LogP contribution in [0.3, 0.4) is 0 Å². The third-order valence-corrected chi connectivity index (χ3v) is 42.1. The van der Waals surface area contributed by atoms with Crippen molar-refractivity contribution in [1.29, 1.82) is 0 Å². The molecule has 0 spiro atoms. The molecule has 0 heterocycles. The first-order valence-corrected chi connectivity index (χ1v) is 34.3. The molecule has 0 radical (unpaired) electrons. The predicted molar refractivity (Wildman–Crippen MR) is 231 cm³/mol. The molecule has 0 N–H and O–H groups in total. The summed E-state index contributed by atoms with van der Waals surface area (Å²) in [6.07, 6.45) is 56.6. The van der Waals surface area contributed by atoms with Gasteiger partial charge in [0.15, 0.2) is 0 Å². The van der Waals surface area contributed by atoms with Crippen LogP contribution in [-0.2, 0) is 32.7 Å². The van der Waals surface area contributed by atoms with Gasteiger partial charge < -0.3 is 0 Å². The SMILES string of the molecule is C1CCC([O][Zr]([O]C2CCCCC2)([O][Si](C2CCCCC2)(C2CCCCC2)C2CCCCC2)[O][Si](C2CCCCC2)(C2CCCCC2)C2CCCCC2)CC1. The van der Waals surface area contributed by atoms with E-state index in [1.165, 1.54) is 257 Å². The molecule has 0 aromatic rings. The van der Waals surface area contributed by atoms with Crippen molar-refractivity contribution < 1.29 is 32.7 Å². The van der Waals surface area contributed by atoms with Gasteiger partial charge in [0.2, 0.25) is 0 Å². The molecule has 0 unspecified atom stereocenters. The fraction of sp³-hybridized carbons (Fsp3) is 1.00. The Labute approximate surface area is 349 Å². The van der Waals surface area contributed by atoms with Gasteiger partial charge in [0.05, 0.1) is 0 Å². The molecule has 0 amide bonds. The summed E-state index contributed by atoms with van der Waals surface area (Å²) >= 11 is -4.82. The summed E-state index contributed by atoms with van der Waals surface area (Å²) in [4.78, 5) is 0. The summed E-state index contributed by atoms with van der Waals surface area (Å²) in [6, 6.07) is 0. The van der Waals surface area contributed by atoms with Gasteiger partial charge >= 0.3 is 352 Å². The molecule has 4 nitrogen and oxygen atoms in total. The van der Waals surface area contributed by atoms with E-state index in [0.717, 1.165) is 33.2 Å². The van der Waals surface area contributed by atoms with Gasteiger partial charge in [0.25, 0.3) is 0 Å². The Kier molecular flexibility index (Phi) is 16.6.